The van der Waals surface area contributed by atoms with Gasteiger partial charge in [0.1, 0.15) is 5.52 Å². The van der Waals surface area contributed by atoms with Crippen molar-refractivity contribution >= 4 is 11.2 Å². The van der Waals surface area contributed by atoms with Crippen molar-refractivity contribution in [3.05, 3.63) is 24.2 Å². The van der Waals surface area contributed by atoms with Crippen LogP contribution in [0, 0.1) is 6.92 Å². The molecule has 2 heterocycles. The molecule has 4 nitrogen and oxygen atoms in total. The van der Waals surface area contributed by atoms with Gasteiger partial charge in [0.2, 0.25) is 0 Å². The van der Waals surface area contributed by atoms with Gasteiger partial charge >= 0.3 is 0 Å². The van der Waals surface area contributed by atoms with Gasteiger partial charge in [-0.1, -0.05) is 0 Å². The van der Waals surface area contributed by atoms with Crippen LogP contribution in [0.3, 0.4) is 0 Å². The van der Waals surface area contributed by atoms with Crippen LogP contribution in [0.15, 0.2) is 18.6 Å². The monoisotopic (exact) mass is 177 g/mol. The van der Waals surface area contributed by atoms with Gasteiger partial charge in [-0.3, -0.25) is 0 Å². The fourth-order valence-electron chi connectivity index (χ4n) is 1.32. The molecule has 0 saturated heterocycles. The molecule has 0 aliphatic carbocycles. The molecule has 2 aromatic rings. The summed E-state index contributed by atoms with van der Waals surface area (Å²) in [6.07, 6.45) is 3.51. The van der Waals surface area contributed by atoms with Gasteiger partial charge in [-0.2, -0.15) is 0 Å². The summed E-state index contributed by atoms with van der Waals surface area (Å²) in [7, 11) is 0. The Morgan fingerprint density at radius 1 is 1.46 bits per heavy atom. The van der Waals surface area contributed by atoms with E-state index in [-0.39, 0.29) is 6.61 Å². The highest BCUT2D eigenvalue weighted by Gasteiger charge is 2.02. The van der Waals surface area contributed by atoms with Crippen molar-refractivity contribution in [3.63, 3.8) is 0 Å². The molecule has 0 bridgehead atoms. The lowest BCUT2D eigenvalue weighted by Crippen LogP contribution is -2.00. The fraction of sp³-hybridized carbons (Fsp3) is 0.333. The highest BCUT2D eigenvalue weighted by molar-refractivity contribution is 5.71. The molecular weight excluding hydrogens is 166 g/mol. The molecule has 0 atom stereocenters. The first-order valence-electron chi connectivity index (χ1n) is 4.19. The van der Waals surface area contributed by atoms with Crippen molar-refractivity contribution in [1.82, 2.24) is 14.5 Å². The number of pyridine rings is 1. The van der Waals surface area contributed by atoms with E-state index in [1.54, 1.807) is 12.5 Å². The summed E-state index contributed by atoms with van der Waals surface area (Å²) in [5.41, 5.74) is 2.81. The average molecular weight is 177 g/mol. The second kappa shape index (κ2) is 3.14. The van der Waals surface area contributed by atoms with E-state index in [9.17, 15) is 0 Å². The second-order valence-corrected chi connectivity index (χ2v) is 3.02. The SMILES string of the molecule is Cc1cnc2c(c1)ncn2CCO. The van der Waals surface area contributed by atoms with Crippen LogP contribution in [0.2, 0.25) is 0 Å². The Balaban J connectivity index is 2.55. The number of imidazole rings is 1. The number of hydrogen-bond acceptors (Lipinski definition) is 3. The molecule has 0 spiro atoms. The summed E-state index contributed by atoms with van der Waals surface area (Å²) >= 11 is 0. The Hall–Kier alpha value is -1.42. The standard InChI is InChI=1S/C9H11N3O/c1-7-4-8-9(10-5-7)12(2-3-13)6-11-8/h4-6,13H,2-3H2,1H3. The van der Waals surface area contributed by atoms with Crippen LogP contribution in [0.1, 0.15) is 5.56 Å². The predicted octanol–water partition coefficient (Wildman–Crippen LogP) is 0.732. The molecule has 2 rings (SSSR count). The Morgan fingerprint density at radius 3 is 3.08 bits per heavy atom. The van der Waals surface area contributed by atoms with Crippen molar-refractivity contribution in [2.45, 2.75) is 13.5 Å². The van der Waals surface area contributed by atoms with Gasteiger partial charge in [-0.25, -0.2) is 9.97 Å². The largest absolute Gasteiger partial charge is 0.395 e. The van der Waals surface area contributed by atoms with Crippen LogP contribution >= 0.6 is 0 Å². The predicted molar refractivity (Wildman–Crippen MR) is 49.4 cm³/mol. The first kappa shape index (κ1) is 8.19. The zero-order chi connectivity index (χ0) is 9.26. The molecule has 2 aromatic heterocycles. The van der Waals surface area contributed by atoms with Crippen LogP contribution in [-0.2, 0) is 6.54 Å². The number of nitrogens with zero attached hydrogens (tertiary/aromatic N) is 3. The van der Waals surface area contributed by atoms with Gasteiger partial charge in [0, 0.05) is 12.7 Å². The molecule has 68 valence electrons. The minimum Gasteiger partial charge on any atom is -0.395 e. The minimum atomic E-state index is 0.112. The summed E-state index contributed by atoms with van der Waals surface area (Å²) in [5, 5.41) is 8.78. The average Bonchev–Trinajstić information content (AvgIpc) is 2.49. The maximum Gasteiger partial charge on any atom is 0.159 e. The Morgan fingerprint density at radius 2 is 2.31 bits per heavy atom. The molecule has 13 heavy (non-hydrogen) atoms. The third-order valence-corrected chi connectivity index (χ3v) is 1.93. The number of aliphatic hydroxyl groups excluding tert-OH is 1. The smallest absolute Gasteiger partial charge is 0.159 e. The van der Waals surface area contributed by atoms with Crippen molar-refractivity contribution in [1.29, 1.82) is 0 Å². The molecule has 4 heteroatoms. The van der Waals surface area contributed by atoms with Crippen molar-refractivity contribution in [2.75, 3.05) is 6.61 Å². The number of fused-ring (bicyclic) bond motifs is 1. The number of aryl methyl sites for hydroxylation is 1. The lowest BCUT2D eigenvalue weighted by atomic mass is 10.3. The molecule has 0 saturated carbocycles. The molecule has 0 fully saturated rings. The van der Waals surface area contributed by atoms with E-state index in [2.05, 4.69) is 9.97 Å². The topological polar surface area (TPSA) is 50.9 Å². The van der Waals surface area contributed by atoms with E-state index in [1.165, 1.54) is 0 Å². The first-order valence-corrected chi connectivity index (χ1v) is 4.19. The third kappa shape index (κ3) is 1.40. The van der Waals surface area contributed by atoms with E-state index in [0.29, 0.717) is 6.54 Å². The quantitative estimate of drug-likeness (QED) is 0.735. The molecule has 1 N–H and O–H groups in total. The number of hydrogen-bond donors (Lipinski definition) is 1. The van der Waals surface area contributed by atoms with Gasteiger partial charge in [-0.05, 0) is 18.6 Å². The third-order valence-electron chi connectivity index (χ3n) is 1.93. The Bertz CT molecular complexity index is 422. The number of aliphatic hydroxyl groups is 1. The van der Waals surface area contributed by atoms with E-state index in [0.717, 1.165) is 16.7 Å². The molecule has 0 amide bonds. The lowest BCUT2D eigenvalue weighted by molar-refractivity contribution is 0.277. The molecule has 0 aromatic carbocycles. The maximum absolute atomic E-state index is 8.78. The minimum absolute atomic E-state index is 0.112. The summed E-state index contributed by atoms with van der Waals surface area (Å²) < 4.78 is 1.84. The fourth-order valence-corrected chi connectivity index (χ4v) is 1.32. The van der Waals surface area contributed by atoms with E-state index >= 15 is 0 Å². The van der Waals surface area contributed by atoms with Crippen LogP contribution in [0.5, 0.6) is 0 Å². The van der Waals surface area contributed by atoms with E-state index in [1.807, 2.05) is 17.6 Å². The molecular formula is C9H11N3O. The molecule has 0 radical (unpaired) electrons. The van der Waals surface area contributed by atoms with Gasteiger partial charge in [0.05, 0.1) is 12.9 Å². The van der Waals surface area contributed by atoms with Crippen LogP contribution < -0.4 is 0 Å². The van der Waals surface area contributed by atoms with Gasteiger partial charge in [0.15, 0.2) is 5.65 Å². The van der Waals surface area contributed by atoms with Gasteiger partial charge in [0.25, 0.3) is 0 Å². The molecule has 0 aliphatic rings. The van der Waals surface area contributed by atoms with Crippen molar-refractivity contribution in [2.24, 2.45) is 0 Å². The molecule has 0 unspecified atom stereocenters. The zero-order valence-electron chi connectivity index (χ0n) is 7.44. The van der Waals surface area contributed by atoms with Crippen LogP contribution in [0.25, 0.3) is 11.2 Å². The summed E-state index contributed by atoms with van der Waals surface area (Å²) in [4.78, 5) is 8.44. The van der Waals surface area contributed by atoms with Gasteiger partial charge in [-0.15, -0.1) is 0 Å². The van der Waals surface area contributed by atoms with Crippen LogP contribution in [0.4, 0.5) is 0 Å². The van der Waals surface area contributed by atoms with Crippen molar-refractivity contribution in [3.8, 4) is 0 Å². The van der Waals surface area contributed by atoms with Crippen LogP contribution in [-0.4, -0.2) is 26.2 Å². The normalized spacial score (nSPS) is 10.9. The Kier molecular flexibility index (Phi) is 1.98. The summed E-state index contributed by atoms with van der Waals surface area (Å²) in [5.74, 6) is 0. The molecule has 0 aliphatic heterocycles. The zero-order valence-corrected chi connectivity index (χ0v) is 7.44. The van der Waals surface area contributed by atoms with E-state index < -0.39 is 0 Å². The van der Waals surface area contributed by atoms with Gasteiger partial charge < -0.3 is 9.67 Å². The summed E-state index contributed by atoms with van der Waals surface area (Å²) in [6, 6.07) is 1.98. The first-order chi connectivity index (χ1) is 6.31. The highest BCUT2D eigenvalue weighted by atomic mass is 16.3. The van der Waals surface area contributed by atoms with Crippen molar-refractivity contribution < 1.29 is 5.11 Å². The highest BCUT2D eigenvalue weighted by Crippen LogP contribution is 2.10. The maximum atomic E-state index is 8.78. The summed E-state index contributed by atoms with van der Waals surface area (Å²) in [6.45, 7) is 2.64. The number of rotatable bonds is 2. The Labute approximate surface area is 75.9 Å². The number of aromatic nitrogens is 3. The van der Waals surface area contributed by atoms with E-state index in [4.69, 9.17) is 5.11 Å². The second-order valence-electron chi connectivity index (χ2n) is 3.02. The lowest BCUT2D eigenvalue weighted by Gasteiger charge is -1.99.